The van der Waals surface area contributed by atoms with Gasteiger partial charge in [0.05, 0.1) is 23.3 Å². The second kappa shape index (κ2) is 4.67. The van der Waals surface area contributed by atoms with E-state index in [-0.39, 0.29) is 0 Å². The number of aromatic nitrogens is 4. The van der Waals surface area contributed by atoms with E-state index in [2.05, 4.69) is 40.8 Å². The van der Waals surface area contributed by atoms with E-state index in [9.17, 15) is 0 Å². The zero-order chi connectivity index (χ0) is 14.3. The quantitative estimate of drug-likeness (QED) is 0.793. The highest BCUT2D eigenvalue weighted by Crippen LogP contribution is 2.23. The van der Waals surface area contributed by atoms with E-state index in [1.807, 2.05) is 23.9 Å². The molecule has 3 aromatic rings. The zero-order valence-corrected chi connectivity index (χ0v) is 12.1. The fourth-order valence-electron chi connectivity index (χ4n) is 2.73. The standard InChI is InChI=1S/C15H19N5/c1-4-12-11(8-19(3)18-12)9-20-14-10(2)6-5-7-13(14)17-15(20)16/h5-8H,4,9H2,1-3H3,(H2,16,17). The van der Waals surface area contributed by atoms with Gasteiger partial charge in [-0.2, -0.15) is 5.10 Å². The number of anilines is 1. The molecule has 2 aromatic heterocycles. The molecule has 2 N–H and O–H groups in total. The molecule has 104 valence electrons. The summed E-state index contributed by atoms with van der Waals surface area (Å²) >= 11 is 0. The van der Waals surface area contributed by atoms with Crippen molar-refractivity contribution in [2.75, 3.05) is 5.73 Å². The van der Waals surface area contributed by atoms with E-state index < -0.39 is 0 Å². The van der Waals surface area contributed by atoms with Crippen LogP contribution in [0.3, 0.4) is 0 Å². The molecular formula is C15H19N5. The Morgan fingerprint density at radius 2 is 2.10 bits per heavy atom. The van der Waals surface area contributed by atoms with Crippen LogP contribution in [0.15, 0.2) is 24.4 Å². The Morgan fingerprint density at radius 1 is 1.30 bits per heavy atom. The molecule has 0 atom stereocenters. The summed E-state index contributed by atoms with van der Waals surface area (Å²) in [5.74, 6) is 0.556. The Kier molecular flexibility index (Phi) is 2.97. The van der Waals surface area contributed by atoms with Crippen LogP contribution in [0, 0.1) is 6.92 Å². The fraction of sp³-hybridized carbons (Fsp3) is 0.333. The molecule has 0 bridgehead atoms. The number of nitrogen functional groups attached to an aromatic ring is 1. The van der Waals surface area contributed by atoms with Crippen LogP contribution in [0.25, 0.3) is 11.0 Å². The number of benzene rings is 1. The normalized spacial score (nSPS) is 11.3. The van der Waals surface area contributed by atoms with Gasteiger partial charge in [-0.05, 0) is 25.0 Å². The molecule has 0 fully saturated rings. The van der Waals surface area contributed by atoms with Gasteiger partial charge in [0.1, 0.15) is 0 Å². The van der Waals surface area contributed by atoms with Crippen molar-refractivity contribution >= 4 is 17.0 Å². The second-order valence-electron chi connectivity index (χ2n) is 5.13. The van der Waals surface area contributed by atoms with Crippen LogP contribution in [0.4, 0.5) is 5.95 Å². The van der Waals surface area contributed by atoms with Gasteiger partial charge in [0, 0.05) is 18.8 Å². The Labute approximate surface area is 118 Å². The first-order valence-corrected chi connectivity index (χ1v) is 6.83. The zero-order valence-electron chi connectivity index (χ0n) is 12.1. The lowest BCUT2D eigenvalue weighted by molar-refractivity contribution is 0.746. The average molecular weight is 269 g/mol. The molecular weight excluding hydrogens is 250 g/mol. The molecule has 0 aliphatic carbocycles. The molecule has 0 aliphatic rings. The first-order valence-electron chi connectivity index (χ1n) is 6.83. The number of para-hydroxylation sites is 1. The maximum atomic E-state index is 6.09. The largest absolute Gasteiger partial charge is 0.369 e. The first kappa shape index (κ1) is 12.7. The van der Waals surface area contributed by atoms with Gasteiger partial charge < -0.3 is 10.3 Å². The van der Waals surface area contributed by atoms with Crippen molar-refractivity contribution in [1.29, 1.82) is 0 Å². The summed E-state index contributed by atoms with van der Waals surface area (Å²) in [6.45, 7) is 4.92. The summed E-state index contributed by atoms with van der Waals surface area (Å²) in [6, 6.07) is 6.10. The number of nitrogens with zero attached hydrogens (tertiary/aromatic N) is 4. The van der Waals surface area contributed by atoms with Crippen molar-refractivity contribution in [2.24, 2.45) is 7.05 Å². The first-order chi connectivity index (χ1) is 9.60. The van der Waals surface area contributed by atoms with Gasteiger partial charge in [0.15, 0.2) is 0 Å². The predicted octanol–water partition coefficient (Wildman–Crippen LogP) is 2.27. The molecule has 2 heterocycles. The molecule has 0 saturated heterocycles. The number of nitrogens with two attached hydrogens (primary N) is 1. The minimum absolute atomic E-state index is 0.556. The summed E-state index contributed by atoms with van der Waals surface area (Å²) in [5.41, 5.74) is 11.6. The number of hydrogen-bond acceptors (Lipinski definition) is 3. The highest BCUT2D eigenvalue weighted by molar-refractivity contribution is 5.81. The summed E-state index contributed by atoms with van der Waals surface area (Å²) < 4.78 is 3.93. The molecule has 0 radical (unpaired) electrons. The maximum absolute atomic E-state index is 6.09. The predicted molar refractivity (Wildman–Crippen MR) is 80.6 cm³/mol. The third-order valence-electron chi connectivity index (χ3n) is 3.65. The number of rotatable bonds is 3. The van der Waals surface area contributed by atoms with Crippen LogP contribution in [-0.4, -0.2) is 19.3 Å². The van der Waals surface area contributed by atoms with Crippen molar-refractivity contribution in [3.8, 4) is 0 Å². The van der Waals surface area contributed by atoms with Gasteiger partial charge in [0.25, 0.3) is 0 Å². The topological polar surface area (TPSA) is 61.7 Å². The van der Waals surface area contributed by atoms with Crippen molar-refractivity contribution in [1.82, 2.24) is 19.3 Å². The van der Waals surface area contributed by atoms with Crippen molar-refractivity contribution < 1.29 is 0 Å². The van der Waals surface area contributed by atoms with Gasteiger partial charge in [-0.15, -0.1) is 0 Å². The van der Waals surface area contributed by atoms with E-state index in [0.29, 0.717) is 12.5 Å². The van der Waals surface area contributed by atoms with Crippen molar-refractivity contribution in [3.05, 3.63) is 41.2 Å². The SMILES string of the molecule is CCc1nn(C)cc1Cn1c(N)nc2cccc(C)c21. The summed E-state index contributed by atoms with van der Waals surface area (Å²) in [5, 5.41) is 4.48. The Hall–Kier alpha value is -2.30. The molecule has 5 heteroatoms. The van der Waals surface area contributed by atoms with E-state index in [0.717, 1.165) is 23.1 Å². The lowest BCUT2D eigenvalue weighted by Crippen LogP contribution is -2.06. The van der Waals surface area contributed by atoms with Gasteiger partial charge in [0.2, 0.25) is 5.95 Å². The van der Waals surface area contributed by atoms with Crippen LogP contribution in [-0.2, 0) is 20.0 Å². The highest BCUT2D eigenvalue weighted by Gasteiger charge is 2.13. The maximum Gasteiger partial charge on any atom is 0.201 e. The fourth-order valence-corrected chi connectivity index (χ4v) is 2.73. The minimum atomic E-state index is 0.556. The van der Waals surface area contributed by atoms with Crippen molar-refractivity contribution in [2.45, 2.75) is 26.8 Å². The van der Waals surface area contributed by atoms with Crippen molar-refractivity contribution in [3.63, 3.8) is 0 Å². The number of imidazole rings is 1. The van der Waals surface area contributed by atoms with Gasteiger partial charge in [-0.25, -0.2) is 4.98 Å². The Balaban J connectivity index is 2.13. The van der Waals surface area contributed by atoms with Gasteiger partial charge in [-0.1, -0.05) is 19.1 Å². The van der Waals surface area contributed by atoms with Crippen LogP contribution in [0.2, 0.25) is 0 Å². The Morgan fingerprint density at radius 3 is 2.85 bits per heavy atom. The molecule has 0 saturated carbocycles. The molecule has 5 nitrogen and oxygen atoms in total. The molecule has 0 aliphatic heterocycles. The van der Waals surface area contributed by atoms with Gasteiger partial charge in [-0.3, -0.25) is 4.68 Å². The van der Waals surface area contributed by atoms with Gasteiger partial charge >= 0.3 is 0 Å². The second-order valence-corrected chi connectivity index (χ2v) is 5.13. The van der Waals surface area contributed by atoms with E-state index in [4.69, 9.17) is 5.73 Å². The lowest BCUT2D eigenvalue weighted by Gasteiger charge is -2.07. The minimum Gasteiger partial charge on any atom is -0.369 e. The molecule has 0 spiro atoms. The molecule has 1 aromatic carbocycles. The molecule has 20 heavy (non-hydrogen) atoms. The van der Waals surface area contributed by atoms with E-state index in [1.54, 1.807) is 0 Å². The molecule has 0 unspecified atom stereocenters. The summed E-state index contributed by atoms with van der Waals surface area (Å²) in [7, 11) is 1.95. The third kappa shape index (κ3) is 1.95. The van der Waals surface area contributed by atoms with Crippen LogP contribution >= 0.6 is 0 Å². The van der Waals surface area contributed by atoms with Crippen LogP contribution < -0.4 is 5.73 Å². The number of hydrogen-bond donors (Lipinski definition) is 1. The highest BCUT2D eigenvalue weighted by atomic mass is 15.3. The summed E-state index contributed by atoms with van der Waals surface area (Å²) in [6.07, 6.45) is 2.98. The smallest absolute Gasteiger partial charge is 0.201 e. The Bertz CT molecular complexity index is 766. The van der Waals surface area contributed by atoms with E-state index in [1.165, 1.54) is 11.1 Å². The van der Waals surface area contributed by atoms with Crippen LogP contribution in [0.5, 0.6) is 0 Å². The average Bonchev–Trinajstić information content (AvgIpc) is 2.92. The lowest BCUT2D eigenvalue weighted by atomic mass is 10.2. The summed E-state index contributed by atoms with van der Waals surface area (Å²) in [4.78, 5) is 4.45. The molecule has 3 rings (SSSR count). The van der Waals surface area contributed by atoms with Crippen LogP contribution in [0.1, 0.15) is 23.7 Å². The monoisotopic (exact) mass is 269 g/mol. The number of aryl methyl sites for hydroxylation is 3. The third-order valence-corrected chi connectivity index (χ3v) is 3.65. The molecule has 0 amide bonds. The number of fused-ring (bicyclic) bond motifs is 1. The van der Waals surface area contributed by atoms with E-state index >= 15 is 0 Å².